The van der Waals surface area contributed by atoms with Crippen molar-refractivity contribution in [1.82, 2.24) is 10.2 Å². The Bertz CT molecular complexity index is 149. The van der Waals surface area contributed by atoms with Gasteiger partial charge in [-0.2, -0.15) is 5.26 Å². The Morgan fingerprint density at radius 1 is 1.42 bits per heavy atom. The van der Waals surface area contributed by atoms with E-state index >= 15 is 0 Å². The van der Waals surface area contributed by atoms with Gasteiger partial charge in [0.1, 0.15) is 0 Å². The van der Waals surface area contributed by atoms with Crippen LogP contribution in [0.15, 0.2) is 0 Å². The molecule has 1 heterocycles. The van der Waals surface area contributed by atoms with Gasteiger partial charge in [0, 0.05) is 26.2 Å². The molecule has 1 fully saturated rings. The van der Waals surface area contributed by atoms with E-state index in [0.29, 0.717) is 6.54 Å². The molecule has 0 radical (unpaired) electrons. The minimum atomic E-state index is 0.449. The molecule has 0 aliphatic carbocycles. The monoisotopic (exact) mass is 169 g/mol. The van der Waals surface area contributed by atoms with Crippen LogP contribution in [0.3, 0.4) is 0 Å². The smallest absolute Gasteiger partial charge is 0.0841 e. The molecule has 1 rings (SSSR count). The topological polar surface area (TPSA) is 48.3 Å². The average Bonchev–Trinajstić information content (AvgIpc) is 2.14. The maximum absolute atomic E-state index is 8.26. The maximum atomic E-state index is 8.26. The second-order valence-electron chi connectivity index (χ2n) is 2.79. The van der Waals surface area contributed by atoms with Gasteiger partial charge in [0.15, 0.2) is 0 Å². The molecule has 0 spiro atoms. The lowest BCUT2D eigenvalue weighted by atomic mass is 10.4. The van der Waals surface area contributed by atoms with E-state index in [-0.39, 0.29) is 0 Å². The normalized spacial score (nSPS) is 18.9. The van der Waals surface area contributed by atoms with Gasteiger partial charge in [0.25, 0.3) is 0 Å². The van der Waals surface area contributed by atoms with Crippen LogP contribution in [0.25, 0.3) is 0 Å². The van der Waals surface area contributed by atoms with Crippen LogP contribution in [0.2, 0.25) is 0 Å². The van der Waals surface area contributed by atoms with Gasteiger partial charge in [-0.15, -0.1) is 0 Å². The summed E-state index contributed by atoms with van der Waals surface area (Å²) in [6.07, 6.45) is 0. The van der Waals surface area contributed by atoms with Crippen molar-refractivity contribution >= 4 is 0 Å². The Balaban J connectivity index is 1.95. The quantitative estimate of drug-likeness (QED) is 0.452. The third-order valence-corrected chi connectivity index (χ3v) is 1.91. The van der Waals surface area contributed by atoms with E-state index in [9.17, 15) is 0 Å². The molecule has 68 valence electrons. The van der Waals surface area contributed by atoms with Crippen molar-refractivity contribution in [3.8, 4) is 6.07 Å². The number of morpholine rings is 1. The predicted molar refractivity (Wildman–Crippen MR) is 45.7 cm³/mol. The summed E-state index contributed by atoms with van der Waals surface area (Å²) in [6.45, 7) is 6.10. The average molecular weight is 169 g/mol. The fourth-order valence-electron chi connectivity index (χ4n) is 1.21. The van der Waals surface area contributed by atoms with E-state index in [1.54, 1.807) is 0 Å². The highest BCUT2D eigenvalue weighted by molar-refractivity contribution is 4.73. The van der Waals surface area contributed by atoms with Gasteiger partial charge in [-0.05, 0) is 0 Å². The van der Waals surface area contributed by atoms with Crippen LogP contribution < -0.4 is 5.32 Å². The maximum Gasteiger partial charge on any atom is 0.0841 e. The third-order valence-electron chi connectivity index (χ3n) is 1.91. The van der Waals surface area contributed by atoms with E-state index < -0.39 is 0 Å². The fourth-order valence-corrected chi connectivity index (χ4v) is 1.21. The summed E-state index contributed by atoms with van der Waals surface area (Å²) < 4.78 is 5.21. The molecular weight excluding hydrogens is 154 g/mol. The van der Waals surface area contributed by atoms with E-state index in [2.05, 4.69) is 16.3 Å². The number of nitriles is 1. The highest BCUT2D eigenvalue weighted by Crippen LogP contribution is 1.94. The van der Waals surface area contributed by atoms with Crippen LogP contribution >= 0.6 is 0 Å². The van der Waals surface area contributed by atoms with E-state index in [1.807, 2.05) is 0 Å². The standard InChI is InChI=1S/C8H15N3O/c9-1-2-10-3-4-11-5-7-12-8-6-11/h10H,2-8H2. The minimum absolute atomic E-state index is 0.449. The zero-order chi connectivity index (χ0) is 8.65. The molecule has 4 heteroatoms. The Kier molecular flexibility index (Phi) is 4.69. The van der Waals surface area contributed by atoms with Gasteiger partial charge in [-0.1, -0.05) is 0 Å². The molecule has 0 saturated carbocycles. The van der Waals surface area contributed by atoms with Gasteiger partial charge in [0.05, 0.1) is 25.8 Å². The van der Waals surface area contributed by atoms with Crippen LogP contribution in [0.5, 0.6) is 0 Å². The third kappa shape index (κ3) is 3.67. The van der Waals surface area contributed by atoms with Crippen LogP contribution in [-0.2, 0) is 4.74 Å². The molecular formula is C8H15N3O. The summed E-state index contributed by atoms with van der Waals surface area (Å²) in [4.78, 5) is 2.34. The summed E-state index contributed by atoms with van der Waals surface area (Å²) in [7, 11) is 0. The minimum Gasteiger partial charge on any atom is -0.379 e. The lowest BCUT2D eigenvalue weighted by Crippen LogP contribution is -2.40. The first kappa shape index (κ1) is 9.46. The second kappa shape index (κ2) is 5.95. The summed E-state index contributed by atoms with van der Waals surface area (Å²) >= 11 is 0. The Labute approximate surface area is 73.1 Å². The molecule has 0 unspecified atom stereocenters. The molecule has 0 aromatic carbocycles. The Morgan fingerprint density at radius 3 is 2.83 bits per heavy atom. The van der Waals surface area contributed by atoms with E-state index in [1.165, 1.54) is 0 Å². The van der Waals surface area contributed by atoms with Gasteiger partial charge in [0.2, 0.25) is 0 Å². The van der Waals surface area contributed by atoms with Crippen LogP contribution in [0.4, 0.5) is 0 Å². The second-order valence-corrected chi connectivity index (χ2v) is 2.79. The highest BCUT2D eigenvalue weighted by Gasteiger charge is 2.08. The lowest BCUT2D eigenvalue weighted by Gasteiger charge is -2.26. The Morgan fingerprint density at radius 2 is 2.17 bits per heavy atom. The lowest BCUT2D eigenvalue weighted by molar-refractivity contribution is 0.0385. The zero-order valence-corrected chi connectivity index (χ0v) is 7.25. The van der Waals surface area contributed by atoms with Gasteiger partial charge >= 0.3 is 0 Å². The molecule has 0 aromatic rings. The molecule has 4 nitrogen and oxygen atoms in total. The molecule has 12 heavy (non-hydrogen) atoms. The van der Waals surface area contributed by atoms with Gasteiger partial charge in [-0.3, -0.25) is 4.90 Å². The molecule has 0 atom stereocenters. The van der Waals surface area contributed by atoms with Crippen molar-refractivity contribution < 1.29 is 4.74 Å². The van der Waals surface area contributed by atoms with Gasteiger partial charge in [-0.25, -0.2) is 0 Å². The number of nitrogens with one attached hydrogen (secondary N) is 1. The summed E-state index contributed by atoms with van der Waals surface area (Å²) in [5, 5.41) is 11.3. The molecule has 0 aromatic heterocycles. The Hall–Kier alpha value is -0.630. The fraction of sp³-hybridized carbons (Fsp3) is 0.875. The molecule has 0 amide bonds. The largest absolute Gasteiger partial charge is 0.379 e. The summed E-state index contributed by atoms with van der Waals surface area (Å²) in [5.74, 6) is 0. The first-order chi connectivity index (χ1) is 5.93. The molecule has 0 bridgehead atoms. The number of ether oxygens (including phenoxy) is 1. The summed E-state index contributed by atoms with van der Waals surface area (Å²) in [6, 6.07) is 2.05. The molecule has 1 saturated heterocycles. The molecule has 1 N–H and O–H groups in total. The van der Waals surface area contributed by atoms with Crippen molar-refractivity contribution in [2.45, 2.75) is 0 Å². The van der Waals surface area contributed by atoms with Crippen LogP contribution in [0.1, 0.15) is 0 Å². The first-order valence-electron chi connectivity index (χ1n) is 4.31. The van der Waals surface area contributed by atoms with Gasteiger partial charge < -0.3 is 10.1 Å². The zero-order valence-electron chi connectivity index (χ0n) is 7.25. The number of hydrogen-bond acceptors (Lipinski definition) is 4. The molecule has 1 aliphatic rings. The van der Waals surface area contributed by atoms with E-state index in [0.717, 1.165) is 39.4 Å². The van der Waals surface area contributed by atoms with Crippen molar-refractivity contribution in [2.24, 2.45) is 0 Å². The van der Waals surface area contributed by atoms with Crippen LogP contribution in [-0.4, -0.2) is 50.8 Å². The van der Waals surface area contributed by atoms with Crippen LogP contribution in [0, 0.1) is 11.3 Å². The number of nitrogens with zero attached hydrogens (tertiary/aromatic N) is 2. The van der Waals surface area contributed by atoms with E-state index in [4.69, 9.17) is 10.00 Å². The summed E-state index contributed by atoms with van der Waals surface area (Å²) in [5.41, 5.74) is 0. The highest BCUT2D eigenvalue weighted by atomic mass is 16.5. The number of rotatable bonds is 4. The first-order valence-corrected chi connectivity index (χ1v) is 4.31. The SMILES string of the molecule is N#CCNCCN1CCOCC1. The van der Waals surface area contributed by atoms with Crippen molar-refractivity contribution in [3.05, 3.63) is 0 Å². The predicted octanol–water partition coefficient (Wildman–Crippen LogP) is -0.568. The van der Waals surface area contributed by atoms with Crippen molar-refractivity contribution in [2.75, 3.05) is 45.9 Å². The van der Waals surface area contributed by atoms with Crippen molar-refractivity contribution in [1.29, 1.82) is 5.26 Å². The molecule has 1 aliphatic heterocycles. The van der Waals surface area contributed by atoms with Crippen molar-refractivity contribution in [3.63, 3.8) is 0 Å². The number of hydrogen-bond donors (Lipinski definition) is 1.